The van der Waals surface area contributed by atoms with Crippen LogP contribution in [0.25, 0.3) is 39.0 Å². The maximum absolute atomic E-state index is 11.6. The van der Waals surface area contributed by atoms with Crippen LogP contribution in [0.15, 0.2) is 188 Å². The Bertz CT molecular complexity index is 2570. The molecule has 7 aromatic rings. The van der Waals surface area contributed by atoms with E-state index in [-0.39, 0.29) is 28.2 Å². The highest BCUT2D eigenvalue weighted by atomic mass is 16.4. The summed E-state index contributed by atoms with van der Waals surface area (Å²) in [5, 5.41) is 37.9. The monoisotopic (exact) mass is 802 g/mol. The Morgan fingerprint density at radius 2 is 0.607 bits per heavy atom. The molecule has 0 amide bonds. The van der Waals surface area contributed by atoms with Crippen molar-refractivity contribution in [2.75, 3.05) is 0 Å². The van der Waals surface area contributed by atoms with Gasteiger partial charge < -0.3 is 20.4 Å². The average molecular weight is 803 g/mol. The average Bonchev–Trinajstić information content (AvgIpc) is 3.30. The predicted molar refractivity (Wildman–Crippen MR) is 235 cm³/mol. The third-order valence-corrected chi connectivity index (χ3v) is 11.5. The third-order valence-electron chi connectivity index (χ3n) is 11.5. The van der Waals surface area contributed by atoms with Gasteiger partial charge in [0.25, 0.3) is 0 Å². The molecule has 8 nitrogen and oxygen atoms in total. The van der Waals surface area contributed by atoms with Gasteiger partial charge in [0.2, 0.25) is 0 Å². The van der Waals surface area contributed by atoms with Gasteiger partial charge in [-0.15, -0.1) is 0 Å². The van der Waals surface area contributed by atoms with Gasteiger partial charge in [-0.2, -0.15) is 0 Å². The second-order valence-corrected chi connectivity index (χ2v) is 14.9. The molecule has 0 spiro atoms. The Labute approximate surface area is 351 Å². The molecule has 0 aliphatic heterocycles. The Morgan fingerprint density at radius 1 is 0.361 bits per heavy atom. The first-order valence-electron chi connectivity index (χ1n) is 19.6. The van der Waals surface area contributed by atoms with Gasteiger partial charge in [-0.05, 0) is 122 Å². The van der Waals surface area contributed by atoms with Gasteiger partial charge in [0, 0.05) is 0 Å². The lowest BCUT2D eigenvalue weighted by molar-refractivity contribution is 0.0686. The zero-order valence-electron chi connectivity index (χ0n) is 32.6. The van der Waals surface area contributed by atoms with Crippen LogP contribution in [0.1, 0.15) is 70.1 Å². The predicted octanol–water partition coefficient (Wildman–Crippen LogP) is 11.5. The highest BCUT2D eigenvalue weighted by Gasteiger charge is 2.43. The zero-order valence-corrected chi connectivity index (χ0v) is 32.6. The fraction of sp³-hybridized carbons (Fsp3) is 0.0566. The van der Waals surface area contributed by atoms with Gasteiger partial charge in [-0.3, -0.25) is 0 Å². The van der Waals surface area contributed by atoms with Crippen molar-refractivity contribution in [3.8, 4) is 33.4 Å². The van der Waals surface area contributed by atoms with Crippen LogP contribution in [0.5, 0.6) is 0 Å². The number of carboxylic acids is 4. The van der Waals surface area contributed by atoms with Crippen LogP contribution < -0.4 is 0 Å². The molecule has 0 heterocycles. The zero-order chi connectivity index (χ0) is 42.7. The molecule has 0 radical (unpaired) electrons. The molecule has 0 bridgehead atoms. The summed E-state index contributed by atoms with van der Waals surface area (Å²) in [5.41, 5.74) is 10.3. The first kappa shape index (κ1) is 39.7. The number of allylic oxidation sites excluding steroid dienone is 4. The van der Waals surface area contributed by atoms with E-state index < -0.39 is 29.3 Å². The molecule has 0 saturated heterocycles. The van der Waals surface area contributed by atoms with Gasteiger partial charge in [0.05, 0.1) is 27.7 Å². The molecule has 4 N–H and O–H groups in total. The number of aromatic carboxylic acids is 4. The second kappa shape index (κ2) is 16.6. The fourth-order valence-electron chi connectivity index (χ4n) is 8.30. The number of rotatable bonds is 12. The molecular formula is C53H38O8. The van der Waals surface area contributed by atoms with Gasteiger partial charge in [0.1, 0.15) is 0 Å². The quantitative estimate of drug-likeness (QED) is 0.0892. The minimum Gasteiger partial charge on any atom is -0.478 e. The highest BCUT2D eigenvalue weighted by Crippen LogP contribution is 2.50. The molecule has 1 aliphatic rings. The van der Waals surface area contributed by atoms with Crippen LogP contribution in [-0.4, -0.2) is 44.3 Å². The minimum absolute atomic E-state index is 0.128. The van der Waals surface area contributed by atoms with E-state index in [4.69, 9.17) is 0 Å². The maximum atomic E-state index is 11.6. The summed E-state index contributed by atoms with van der Waals surface area (Å²) in [6.07, 6.45) is 7.12. The van der Waals surface area contributed by atoms with Gasteiger partial charge in [0.15, 0.2) is 0 Å². The molecule has 8 rings (SSSR count). The lowest BCUT2D eigenvalue weighted by atomic mass is 9.59. The molecule has 0 aromatic heterocycles. The first-order valence-corrected chi connectivity index (χ1v) is 19.6. The van der Waals surface area contributed by atoms with Crippen molar-refractivity contribution in [3.05, 3.63) is 233 Å². The van der Waals surface area contributed by atoms with Gasteiger partial charge in [-0.25, -0.2) is 19.2 Å². The normalized spacial score (nSPS) is 13.6. The van der Waals surface area contributed by atoms with Crippen LogP contribution in [0.3, 0.4) is 0 Å². The van der Waals surface area contributed by atoms with Crippen LogP contribution in [0.2, 0.25) is 0 Å². The van der Waals surface area contributed by atoms with Crippen molar-refractivity contribution in [2.24, 2.45) is 5.92 Å². The maximum Gasteiger partial charge on any atom is 0.335 e. The summed E-state index contributed by atoms with van der Waals surface area (Å²) in [4.78, 5) is 46.3. The smallest absolute Gasteiger partial charge is 0.335 e. The molecular weight excluding hydrogens is 765 g/mol. The van der Waals surface area contributed by atoms with Gasteiger partial charge in [-0.1, -0.05) is 140 Å². The summed E-state index contributed by atoms with van der Waals surface area (Å²) in [5.74, 6) is -4.09. The van der Waals surface area contributed by atoms with Gasteiger partial charge >= 0.3 is 23.9 Å². The van der Waals surface area contributed by atoms with Crippen molar-refractivity contribution in [2.45, 2.75) is 11.8 Å². The van der Waals surface area contributed by atoms with E-state index in [9.17, 15) is 39.6 Å². The summed E-state index contributed by atoms with van der Waals surface area (Å²) in [6.45, 7) is 0. The van der Waals surface area contributed by atoms with Crippen molar-refractivity contribution in [1.82, 2.24) is 0 Å². The largest absolute Gasteiger partial charge is 0.478 e. The molecule has 0 saturated carbocycles. The van der Waals surface area contributed by atoms with E-state index in [0.29, 0.717) is 6.42 Å². The summed E-state index contributed by atoms with van der Waals surface area (Å²) < 4.78 is 0. The van der Waals surface area contributed by atoms with E-state index in [1.165, 1.54) is 0 Å². The first-order chi connectivity index (χ1) is 29.5. The molecule has 7 aromatic carbocycles. The molecule has 298 valence electrons. The third kappa shape index (κ3) is 7.90. The SMILES string of the molecule is O=C(O)c1ccc(C2=CCC(C(c3ccc(-c4ccc(C(=O)O)cc4)cc3)(c3ccc(-c4ccc(C(=O)O)cc4)cc3)c3ccc(-c4ccc(C(=O)O)cc4)cc3)C=C2)cc1. The number of hydrogen-bond acceptors (Lipinski definition) is 4. The number of carboxylic acid groups (broad SMARTS) is 4. The molecule has 1 aliphatic carbocycles. The van der Waals surface area contributed by atoms with Crippen LogP contribution in [0.4, 0.5) is 0 Å². The molecule has 8 heteroatoms. The standard InChI is InChI=1S/C53H38O8/c54-49(55)41-9-1-33(2-10-41)37-17-25-45(26-18-37)53(46-27-19-38(20-28-46)34-3-11-42(12-4-34)50(56)57,47-29-21-39(22-30-47)35-5-13-43(14-6-35)51(58)59)48-31-23-40(24-32-48)36-7-15-44(16-8-36)52(60)61/h1-31,48H,32H2,(H,54,55)(H,56,57)(H,58,59)(H,60,61). The molecule has 1 unspecified atom stereocenters. The van der Waals surface area contributed by atoms with Crippen molar-refractivity contribution < 1.29 is 39.6 Å². The summed E-state index contributed by atoms with van der Waals surface area (Å²) >= 11 is 0. The van der Waals surface area contributed by atoms with Crippen molar-refractivity contribution in [1.29, 1.82) is 0 Å². The fourth-order valence-corrected chi connectivity index (χ4v) is 8.30. The lowest BCUT2D eigenvalue weighted by Gasteiger charge is -2.42. The van der Waals surface area contributed by atoms with E-state index >= 15 is 0 Å². The Balaban J connectivity index is 1.28. The Hall–Kier alpha value is -8.10. The van der Waals surface area contributed by atoms with E-state index in [1.807, 2.05) is 12.1 Å². The molecule has 1 atom stereocenters. The number of benzene rings is 7. The number of carbonyl (C=O) groups is 4. The molecule has 61 heavy (non-hydrogen) atoms. The van der Waals surface area contributed by atoms with E-state index in [0.717, 1.165) is 61.2 Å². The summed E-state index contributed by atoms with van der Waals surface area (Å²) in [7, 11) is 0. The topological polar surface area (TPSA) is 149 Å². The summed E-state index contributed by atoms with van der Waals surface area (Å²) in [6, 6.07) is 52.2. The second-order valence-electron chi connectivity index (χ2n) is 14.9. The molecule has 0 fully saturated rings. The number of hydrogen-bond donors (Lipinski definition) is 4. The lowest BCUT2D eigenvalue weighted by Crippen LogP contribution is -2.37. The Kier molecular flexibility index (Phi) is 10.8. The highest BCUT2D eigenvalue weighted by molar-refractivity contribution is 5.90. The van der Waals surface area contributed by atoms with Crippen LogP contribution >= 0.6 is 0 Å². The van der Waals surface area contributed by atoms with Crippen molar-refractivity contribution >= 4 is 29.5 Å². The van der Waals surface area contributed by atoms with Crippen molar-refractivity contribution in [3.63, 3.8) is 0 Å². The van der Waals surface area contributed by atoms with Crippen LogP contribution in [0, 0.1) is 5.92 Å². The van der Waals surface area contributed by atoms with Crippen LogP contribution in [-0.2, 0) is 5.41 Å². The Morgan fingerprint density at radius 3 is 0.836 bits per heavy atom. The van der Waals surface area contributed by atoms with E-state index in [2.05, 4.69) is 91.0 Å². The van der Waals surface area contributed by atoms with E-state index in [1.54, 1.807) is 84.9 Å². The minimum atomic E-state index is -0.992.